The number of rotatable bonds is 6. The van der Waals surface area contributed by atoms with Crippen molar-refractivity contribution in [1.29, 1.82) is 5.26 Å². The van der Waals surface area contributed by atoms with Gasteiger partial charge < -0.3 is 37.3 Å². The highest BCUT2D eigenvalue weighted by atomic mass is 16.6. The van der Waals surface area contributed by atoms with Crippen LogP contribution in [0.5, 0.6) is 0 Å². The average Bonchev–Trinajstić information content (AvgIpc) is 2.87. The zero-order valence-electron chi connectivity index (χ0n) is 12.9. The van der Waals surface area contributed by atoms with Gasteiger partial charge >= 0.3 is 0 Å². The normalized spacial score (nSPS) is 27.4. The number of carbonyl (C=O) groups excluding carboxylic acids is 2. The van der Waals surface area contributed by atoms with E-state index in [1.807, 2.05) is 0 Å². The summed E-state index contributed by atoms with van der Waals surface area (Å²) in [5, 5.41) is 37.7. The first kappa shape index (κ1) is 20.3. The van der Waals surface area contributed by atoms with Crippen molar-refractivity contribution in [3.63, 3.8) is 0 Å². The molecule has 0 bridgehead atoms. The van der Waals surface area contributed by atoms with E-state index < -0.39 is 66.6 Å². The average molecular weight is 357 g/mol. The van der Waals surface area contributed by atoms with Gasteiger partial charge in [0.05, 0.1) is 12.3 Å². The number of amides is 2. The number of aliphatic hydroxyl groups excluding tert-OH is 3. The Hall–Kier alpha value is -2.76. The molecule has 138 valence electrons. The Morgan fingerprint density at radius 3 is 2.28 bits per heavy atom. The van der Waals surface area contributed by atoms with Crippen LogP contribution in [0.25, 0.3) is 0 Å². The molecule has 0 aliphatic carbocycles. The molecule has 0 aromatic carbocycles. The van der Waals surface area contributed by atoms with Crippen LogP contribution in [0.15, 0.2) is 16.4 Å². The van der Waals surface area contributed by atoms with Crippen LogP contribution in [0.3, 0.4) is 0 Å². The number of aliphatic hydroxyl groups is 3. The molecule has 13 nitrogen and oxygen atoms in total. The second-order valence-electron chi connectivity index (χ2n) is 5.01. The van der Waals surface area contributed by atoms with E-state index in [0.717, 1.165) is 0 Å². The molecule has 1 aliphatic heterocycles. The summed E-state index contributed by atoms with van der Waals surface area (Å²) in [5.74, 6) is 3.53. The lowest BCUT2D eigenvalue weighted by molar-refractivity contribution is -0.146. The molecule has 0 radical (unpaired) electrons. The number of nitriles is 1. The predicted octanol–water partition coefficient (Wildman–Crippen LogP) is -5.29. The molecule has 1 rings (SSSR count). The van der Waals surface area contributed by atoms with Crippen molar-refractivity contribution in [2.75, 3.05) is 13.2 Å². The number of hydrogen-bond acceptors (Lipinski definition) is 11. The van der Waals surface area contributed by atoms with Gasteiger partial charge in [0.1, 0.15) is 36.6 Å². The molecule has 25 heavy (non-hydrogen) atoms. The summed E-state index contributed by atoms with van der Waals surface area (Å²) < 4.78 is 5.09. The molecule has 1 fully saturated rings. The third-order valence-corrected chi connectivity index (χ3v) is 3.29. The van der Waals surface area contributed by atoms with Crippen LogP contribution < -0.4 is 23.0 Å². The van der Waals surface area contributed by atoms with Gasteiger partial charge in [0.2, 0.25) is 5.91 Å². The van der Waals surface area contributed by atoms with Gasteiger partial charge in [-0.15, -0.1) is 0 Å². The Morgan fingerprint density at radius 2 is 1.84 bits per heavy atom. The summed E-state index contributed by atoms with van der Waals surface area (Å²) in [7, 11) is 0. The second kappa shape index (κ2) is 8.37. The lowest BCUT2D eigenvalue weighted by Gasteiger charge is -2.26. The number of primary amides is 1. The van der Waals surface area contributed by atoms with Crippen molar-refractivity contribution in [3.05, 3.63) is 11.4 Å². The van der Waals surface area contributed by atoms with Crippen molar-refractivity contribution >= 4 is 17.5 Å². The topological polar surface area (TPSA) is 248 Å². The molecule has 1 heterocycles. The third kappa shape index (κ3) is 4.41. The Bertz CT molecular complexity index is 642. The summed E-state index contributed by atoms with van der Waals surface area (Å²) in [6, 6.07) is 1.50. The Morgan fingerprint density at radius 1 is 1.24 bits per heavy atom. The van der Waals surface area contributed by atoms with Crippen LogP contribution in [0.4, 0.5) is 0 Å². The van der Waals surface area contributed by atoms with Gasteiger partial charge in [-0.3, -0.25) is 14.6 Å². The van der Waals surface area contributed by atoms with Crippen molar-refractivity contribution in [3.8, 4) is 6.07 Å². The van der Waals surface area contributed by atoms with E-state index >= 15 is 0 Å². The van der Waals surface area contributed by atoms with Gasteiger partial charge in [0, 0.05) is 0 Å². The fourth-order valence-corrected chi connectivity index (χ4v) is 1.96. The van der Waals surface area contributed by atoms with Crippen molar-refractivity contribution in [1.82, 2.24) is 5.01 Å². The molecule has 11 N–H and O–H groups in total. The summed E-state index contributed by atoms with van der Waals surface area (Å²) in [6.45, 7) is -1.28. The zero-order chi connectivity index (χ0) is 19.3. The lowest BCUT2D eigenvalue weighted by atomic mass is 10.1. The van der Waals surface area contributed by atoms with Gasteiger partial charge in [0.15, 0.2) is 11.9 Å². The van der Waals surface area contributed by atoms with Crippen LogP contribution in [-0.2, 0) is 14.3 Å². The summed E-state index contributed by atoms with van der Waals surface area (Å²) in [5.41, 5.74) is 14.1. The van der Waals surface area contributed by atoms with Crippen LogP contribution in [0.2, 0.25) is 0 Å². The first-order valence-electron chi connectivity index (χ1n) is 6.84. The van der Waals surface area contributed by atoms with Crippen LogP contribution in [0.1, 0.15) is 0 Å². The minimum Gasteiger partial charge on any atom is -0.395 e. The van der Waals surface area contributed by atoms with Crippen LogP contribution >= 0.6 is 0 Å². The number of hydrazine groups is 1. The highest BCUT2D eigenvalue weighted by Crippen LogP contribution is 2.22. The fraction of sp³-hybridized carbons (Fsp3) is 0.500. The molecule has 4 unspecified atom stereocenters. The fourth-order valence-electron chi connectivity index (χ4n) is 1.96. The zero-order valence-corrected chi connectivity index (χ0v) is 12.9. The van der Waals surface area contributed by atoms with E-state index in [-0.39, 0.29) is 0 Å². The molecule has 4 atom stereocenters. The lowest BCUT2D eigenvalue weighted by Crippen LogP contribution is -2.54. The first-order valence-corrected chi connectivity index (χ1v) is 6.84. The number of allylic oxidation sites excluding steroid dienone is 1. The van der Waals surface area contributed by atoms with E-state index in [1.54, 1.807) is 0 Å². The third-order valence-electron chi connectivity index (χ3n) is 3.29. The van der Waals surface area contributed by atoms with Crippen LogP contribution in [0, 0.1) is 11.3 Å². The highest BCUT2D eigenvalue weighted by molar-refractivity contribution is 6.45. The maximum atomic E-state index is 12.5. The summed E-state index contributed by atoms with van der Waals surface area (Å²) in [4.78, 5) is 26.9. The van der Waals surface area contributed by atoms with E-state index in [2.05, 4.69) is 4.99 Å². The number of carbonyl (C=O) groups is 2. The number of aliphatic imine (C=N–C) groups is 1. The van der Waals surface area contributed by atoms with Gasteiger partial charge in [-0.05, 0) is 0 Å². The largest absolute Gasteiger partial charge is 0.395 e. The molecular formula is C12H19N7O6. The first-order chi connectivity index (χ1) is 11.6. The van der Waals surface area contributed by atoms with Gasteiger partial charge in [-0.2, -0.15) is 5.26 Å². The Balaban J connectivity index is 3.15. The molecule has 1 aliphatic rings. The van der Waals surface area contributed by atoms with Crippen molar-refractivity contribution in [2.45, 2.75) is 24.5 Å². The number of ether oxygens (including phenoxy) is 1. The van der Waals surface area contributed by atoms with Gasteiger partial charge in [0.25, 0.3) is 5.91 Å². The molecule has 0 spiro atoms. The van der Waals surface area contributed by atoms with Crippen LogP contribution in [-0.4, -0.2) is 75.5 Å². The molecule has 0 saturated carbocycles. The monoisotopic (exact) mass is 357 g/mol. The van der Waals surface area contributed by atoms with Crippen molar-refractivity contribution in [2.24, 2.45) is 28.0 Å². The molecular weight excluding hydrogens is 338 g/mol. The quantitative estimate of drug-likeness (QED) is 0.0781. The van der Waals surface area contributed by atoms with Gasteiger partial charge in [-0.25, -0.2) is 10.9 Å². The molecule has 2 amide bonds. The van der Waals surface area contributed by atoms with E-state index in [0.29, 0.717) is 5.01 Å². The van der Waals surface area contributed by atoms with E-state index in [4.69, 9.17) is 38.1 Å². The molecule has 0 aromatic rings. The standard InChI is InChI=1S/C12H19N7O6/c13-1-4(14)7(16)8(18-2-6(15)21)11(24)19(17)12-10(23)9(22)5(3-20)25-12/h5,9-10,12,20,22-23H,2-3,14,16-17H2,(H2,15,21)/b7-4+,18-8?. The molecule has 13 heteroatoms. The molecule has 1 saturated heterocycles. The minimum atomic E-state index is -1.64. The number of hydrogen-bond donors (Lipinski definition) is 7. The maximum absolute atomic E-state index is 12.5. The highest BCUT2D eigenvalue weighted by Gasteiger charge is 2.46. The summed E-state index contributed by atoms with van der Waals surface area (Å²) in [6.07, 6.45) is -5.87. The van der Waals surface area contributed by atoms with E-state index in [1.165, 1.54) is 6.07 Å². The minimum absolute atomic E-state index is 0.348. The maximum Gasteiger partial charge on any atom is 0.290 e. The van der Waals surface area contributed by atoms with Gasteiger partial charge in [-0.1, -0.05) is 0 Å². The number of nitrogens with zero attached hydrogens (tertiary/aromatic N) is 3. The SMILES string of the molecule is N#C/C(N)=C(\N)C(=NCC(N)=O)C(=O)N(N)C1OC(CO)C(O)C1O. The summed E-state index contributed by atoms with van der Waals surface area (Å²) >= 11 is 0. The van der Waals surface area contributed by atoms with E-state index in [9.17, 15) is 19.8 Å². The molecule has 0 aromatic heterocycles. The smallest absolute Gasteiger partial charge is 0.290 e. The van der Waals surface area contributed by atoms with Crippen molar-refractivity contribution < 1.29 is 29.6 Å². The predicted molar refractivity (Wildman–Crippen MR) is 81.3 cm³/mol. The Kier molecular flexibility index (Phi) is 6.79. The second-order valence-corrected chi connectivity index (χ2v) is 5.01. The number of nitrogens with two attached hydrogens (primary N) is 4. The Labute approximate surface area is 141 Å².